The first-order chi connectivity index (χ1) is 7.91. The van der Waals surface area contributed by atoms with E-state index in [1.165, 1.54) is 5.56 Å². The van der Waals surface area contributed by atoms with Crippen molar-refractivity contribution in [2.75, 3.05) is 0 Å². The maximum atomic E-state index is 10.6. The molecule has 3 nitrogen and oxygen atoms in total. The quantitative estimate of drug-likeness (QED) is 0.824. The predicted octanol–water partition coefficient (Wildman–Crippen LogP) is 2.92. The molecule has 1 aromatic rings. The molecule has 1 rings (SSSR count). The van der Waals surface area contributed by atoms with Gasteiger partial charge in [0.25, 0.3) is 0 Å². The van der Waals surface area contributed by atoms with Crippen molar-refractivity contribution in [3.8, 4) is 0 Å². The summed E-state index contributed by atoms with van der Waals surface area (Å²) >= 11 is 0. The van der Waals surface area contributed by atoms with Gasteiger partial charge in [0.1, 0.15) is 0 Å². The highest BCUT2D eigenvalue weighted by molar-refractivity contribution is 5.67. The molecule has 3 N–H and O–H groups in total. The summed E-state index contributed by atoms with van der Waals surface area (Å²) in [5.41, 5.74) is 8.32. The lowest BCUT2D eigenvalue weighted by atomic mass is 9.91. The van der Waals surface area contributed by atoms with Crippen molar-refractivity contribution in [1.29, 1.82) is 0 Å². The molecule has 0 aliphatic rings. The molecule has 0 bridgehead atoms. The number of rotatable bonds is 5. The van der Waals surface area contributed by atoms with Gasteiger partial charge in [-0.05, 0) is 23.0 Å². The van der Waals surface area contributed by atoms with Crippen molar-refractivity contribution >= 4 is 5.97 Å². The van der Waals surface area contributed by atoms with Crippen LogP contribution < -0.4 is 5.73 Å². The number of hydrogen-bond donors (Lipinski definition) is 2. The SMILES string of the molecule is CC(C)c1ccc(C(N)C(C)CC(=O)O)cc1. The van der Waals surface area contributed by atoms with E-state index in [9.17, 15) is 4.79 Å². The molecule has 0 amide bonds. The van der Waals surface area contributed by atoms with Crippen LogP contribution in [0, 0.1) is 5.92 Å². The maximum Gasteiger partial charge on any atom is 0.303 e. The molecule has 0 saturated carbocycles. The topological polar surface area (TPSA) is 63.3 Å². The third-order valence-corrected chi connectivity index (χ3v) is 3.10. The number of carboxylic acid groups (broad SMARTS) is 1. The highest BCUT2D eigenvalue weighted by Gasteiger charge is 2.17. The van der Waals surface area contributed by atoms with Crippen molar-refractivity contribution in [1.82, 2.24) is 0 Å². The standard InChI is InChI=1S/C14H21NO2/c1-9(2)11-4-6-12(7-5-11)14(15)10(3)8-13(16)17/h4-7,9-10,14H,8,15H2,1-3H3,(H,16,17). The molecule has 1 aromatic carbocycles. The Hall–Kier alpha value is -1.35. The van der Waals surface area contributed by atoms with Crippen LogP contribution in [0.2, 0.25) is 0 Å². The lowest BCUT2D eigenvalue weighted by Crippen LogP contribution is -2.21. The Labute approximate surface area is 103 Å². The molecule has 0 heterocycles. The molecule has 2 unspecified atom stereocenters. The van der Waals surface area contributed by atoms with Gasteiger partial charge in [-0.25, -0.2) is 0 Å². The molecule has 0 spiro atoms. The van der Waals surface area contributed by atoms with Crippen molar-refractivity contribution in [3.05, 3.63) is 35.4 Å². The maximum absolute atomic E-state index is 10.6. The van der Waals surface area contributed by atoms with Crippen LogP contribution in [0.25, 0.3) is 0 Å². The van der Waals surface area contributed by atoms with E-state index in [0.717, 1.165) is 5.56 Å². The normalized spacial score (nSPS) is 14.6. The smallest absolute Gasteiger partial charge is 0.303 e. The van der Waals surface area contributed by atoms with Gasteiger partial charge in [-0.15, -0.1) is 0 Å². The van der Waals surface area contributed by atoms with Crippen molar-refractivity contribution in [3.63, 3.8) is 0 Å². The zero-order valence-electron chi connectivity index (χ0n) is 10.7. The first kappa shape index (κ1) is 13.7. The Morgan fingerprint density at radius 3 is 2.06 bits per heavy atom. The van der Waals surface area contributed by atoms with E-state index < -0.39 is 5.97 Å². The van der Waals surface area contributed by atoms with Crippen molar-refractivity contribution < 1.29 is 9.90 Å². The van der Waals surface area contributed by atoms with Gasteiger partial charge in [-0.3, -0.25) is 4.79 Å². The Balaban J connectivity index is 2.75. The predicted molar refractivity (Wildman–Crippen MR) is 68.9 cm³/mol. The summed E-state index contributed by atoms with van der Waals surface area (Å²) in [7, 11) is 0. The molecular weight excluding hydrogens is 214 g/mol. The van der Waals surface area contributed by atoms with Gasteiger partial charge < -0.3 is 10.8 Å². The minimum Gasteiger partial charge on any atom is -0.481 e. The lowest BCUT2D eigenvalue weighted by molar-refractivity contribution is -0.138. The highest BCUT2D eigenvalue weighted by atomic mass is 16.4. The van der Waals surface area contributed by atoms with Gasteiger partial charge in [0.2, 0.25) is 0 Å². The first-order valence-corrected chi connectivity index (χ1v) is 5.99. The molecule has 2 atom stereocenters. The third kappa shape index (κ3) is 3.86. The van der Waals surface area contributed by atoms with Gasteiger partial charge in [0, 0.05) is 12.5 Å². The van der Waals surface area contributed by atoms with E-state index in [2.05, 4.69) is 26.0 Å². The van der Waals surface area contributed by atoms with Gasteiger partial charge in [-0.1, -0.05) is 45.0 Å². The van der Waals surface area contributed by atoms with E-state index in [4.69, 9.17) is 10.8 Å². The number of hydrogen-bond acceptors (Lipinski definition) is 2. The summed E-state index contributed by atoms with van der Waals surface area (Å²) in [6.07, 6.45) is 0.104. The van der Waals surface area contributed by atoms with Crippen LogP contribution in [0.3, 0.4) is 0 Å². The van der Waals surface area contributed by atoms with Gasteiger partial charge in [0.15, 0.2) is 0 Å². The number of benzene rings is 1. The zero-order chi connectivity index (χ0) is 13.0. The molecule has 0 fully saturated rings. The van der Waals surface area contributed by atoms with Crippen LogP contribution in [-0.4, -0.2) is 11.1 Å². The summed E-state index contributed by atoms with van der Waals surface area (Å²) in [5, 5.41) is 8.74. The van der Waals surface area contributed by atoms with E-state index in [1.54, 1.807) is 0 Å². The monoisotopic (exact) mass is 235 g/mol. The fraction of sp³-hybridized carbons (Fsp3) is 0.500. The molecule has 3 heteroatoms. The molecule has 17 heavy (non-hydrogen) atoms. The lowest BCUT2D eigenvalue weighted by Gasteiger charge is -2.19. The zero-order valence-corrected chi connectivity index (χ0v) is 10.7. The van der Waals surface area contributed by atoms with Crippen LogP contribution in [0.5, 0.6) is 0 Å². The van der Waals surface area contributed by atoms with E-state index in [0.29, 0.717) is 5.92 Å². The number of nitrogens with two attached hydrogens (primary N) is 1. The molecule has 0 aliphatic carbocycles. The summed E-state index contributed by atoms with van der Waals surface area (Å²) in [4.78, 5) is 10.6. The van der Waals surface area contributed by atoms with Gasteiger partial charge in [0.05, 0.1) is 0 Å². The summed E-state index contributed by atoms with van der Waals surface area (Å²) in [6.45, 7) is 6.15. The Morgan fingerprint density at radius 1 is 1.18 bits per heavy atom. The second-order valence-corrected chi connectivity index (χ2v) is 4.92. The fourth-order valence-corrected chi connectivity index (χ4v) is 1.83. The molecule has 0 saturated heterocycles. The van der Waals surface area contributed by atoms with Crippen molar-refractivity contribution in [2.45, 2.75) is 39.2 Å². The average molecular weight is 235 g/mol. The molecule has 94 valence electrons. The molecular formula is C14H21NO2. The highest BCUT2D eigenvalue weighted by Crippen LogP contribution is 2.24. The van der Waals surface area contributed by atoms with E-state index in [1.807, 2.05) is 19.1 Å². The van der Waals surface area contributed by atoms with Crippen LogP contribution in [0.15, 0.2) is 24.3 Å². The Kier molecular flexibility index (Phi) is 4.70. The van der Waals surface area contributed by atoms with Crippen LogP contribution in [0.1, 0.15) is 50.3 Å². The first-order valence-electron chi connectivity index (χ1n) is 5.99. The average Bonchev–Trinajstić information content (AvgIpc) is 2.27. The minimum atomic E-state index is -0.799. The minimum absolute atomic E-state index is 0.0580. The van der Waals surface area contributed by atoms with Crippen molar-refractivity contribution in [2.24, 2.45) is 11.7 Å². The van der Waals surface area contributed by atoms with Gasteiger partial charge >= 0.3 is 5.97 Å². The summed E-state index contributed by atoms with van der Waals surface area (Å²) in [6, 6.07) is 7.91. The van der Waals surface area contributed by atoms with E-state index in [-0.39, 0.29) is 18.4 Å². The largest absolute Gasteiger partial charge is 0.481 e. The van der Waals surface area contributed by atoms with E-state index >= 15 is 0 Å². The second-order valence-electron chi connectivity index (χ2n) is 4.92. The molecule has 0 radical (unpaired) electrons. The number of carboxylic acids is 1. The van der Waals surface area contributed by atoms with Crippen LogP contribution in [-0.2, 0) is 4.79 Å². The summed E-state index contributed by atoms with van der Waals surface area (Å²) < 4.78 is 0. The Bertz CT molecular complexity index is 370. The molecule has 0 aliphatic heterocycles. The van der Waals surface area contributed by atoms with Gasteiger partial charge in [-0.2, -0.15) is 0 Å². The summed E-state index contributed by atoms with van der Waals surface area (Å²) in [5.74, 6) is -0.360. The molecule has 0 aromatic heterocycles. The third-order valence-electron chi connectivity index (χ3n) is 3.10. The number of aliphatic carboxylic acids is 1. The second kappa shape index (κ2) is 5.82. The van der Waals surface area contributed by atoms with Crippen LogP contribution in [0.4, 0.5) is 0 Å². The Morgan fingerprint density at radius 2 is 1.65 bits per heavy atom. The van der Waals surface area contributed by atoms with Crippen LogP contribution >= 0.6 is 0 Å². The number of carbonyl (C=O) groups is 1. The fourth-order valence-electron chi connectivity index (χ4n) is 1.83.